The lowest BCUT2D eigenvalue weighted by Crippen LogP contribution is -2.37. The highest BCUT2D eigenvalue weighted by atomic mass is 35.5. The highest BCUT2D eigenvalue weighted by Crippen LogP contribution is 2.16. The molecule has 0 aliphatic carbocycles. The van der Waals surface area contributed by atoms with E-state index in [1.807, 2.05) is 0 Å². The van der Waals surface area contributed by atoms with Gasteiger partial charge in [-0.2, -0.15) is 0 Å². The molecule has 96 valence electrons. The molecule has 1 rings (SSSR count). The maximum Gasteiger partial charge on any atom is 0.325 e. The fourth-order valence-electron chi connectivity index (χ4n) is 1.11. The van der Waals surface area contributed by atoms with Gasteiger partial charge in [0.05, 0.1) is 5.02 Å². The Bertz CT molecular complexity index is 502. The molecule has 0 saturated heterocycles. The van der Waals surface area contributed by atoms with Crippen LogP contribution < -0.4 is 5.32 Å². The molecule has 1 aromatic rings. The van der Waals surface area contributed by atoms with Crippen molar-refractivity contribution in [3.63, 3.8) is 0 Å². The van der Waals surface area contributed by atoms with Crippen LogP contribution in [0.4, 0.5) is 4.39 Å². The molecule has 2 N–H and O–H groups in total. The fraction of sp³-hybridized carbons (Fsp3) is 0.167. The van der Waals surface area contributed by atoms with E-state index in [2.05, 4.69) is 5.32 Å². The molecule has 0 aromatic heterocycles. The molecule has 0 saturated carbocycles. The van der Waals surface area contributed by atoms with Crippen LogP contribution in [0, 0.1) is 5.82 Å². The van der Waals surface area contributed by atoms with Gasteiger partial charge >= 0.3 is 5.97 Å². The third kappa shape index (κ3) is 4.18. The van der Waals surface area contributed by atoms with Gasteiger partial charge < -0.3 is 10.4 Å². The molecule has 0 aliphatic rings. The summed E-state index contributed by atoms with van der Waals surface area (Å²) in [7, 11) is 0. The summed E-state index contributed by atoms with van der Waals surface area (Å²) >= 11 is 5.57. The molecule has 0 bridgehead atoms. The van der Waals surface area contributed by atoms with Crippen molar-refractivity contribution < 1.29 is 19.1 Å². The molecule has 0 unspecified atom stereocenters. The number of benzene rings is 1. The molecule has 0 aliphatic heterocycles. The van der Waals surface area contributed by atoms with Gasteiger partial charge in [0.25, 0.3) is 0 Å². The van der Waals surface area contributed by atoms with Gasteiger partial charge in [-0.1, -0.05) is 17.7 Å². The Morgan fingerprint density at radius 3 is 2.72 bits per heavy atom. The van der Waals surface area contributed by atoms with Crippen LogP contribution in [0.3, 0.4) is 0 Å². The Labute approximate surface area is 108 Å². The van der Waals surface area contributed by atoms with Crippen LogP contribution in [0.5, 0.6) is 0 Å². The Balaban J connectivity index is 2.66. The summed E-state index contributed by atoms with van der Waals surface area (Å²) in [6.07, 6.45) is 2.57. The van der Waals surface area contributed by atoms with Crippen LogP contribution in [-0.2, 0) is 9.59 Å². The molecular formula is C12H11ClFNO3. The van der Waals surface area contributed by atoms with E-state index in [-0.39, 0.29) is 5.02 Å². The molecule has 4 nitrogen and oxygen atoms in total. The summed E-state index contributed by atoms with van der Waals surface area (Å²) in [5, 5.41) is 10.8. The Morgan fingerprint density at radius 2 is 2.17 bits per heavy atom. The van der Waals surface area contributed by atoms with Crippen molar-refractivity contribution in [3.8, 4) is 0 Å². The lowest BCUT2D eigenvalue weighted by molar-refractivity contribution is -0.140. The fourth-order valence-corrected chi connectivity index (χ4v) is 1.30. The molecule has 0 radical (unpaired) electrons. The van der Waals surface area contributed by atoms with Crippen molar-refractivity contribution in [2.24, 2.45) is 0 Å². The smallest absolute Gasteiger partial charge is 0.325 e. The second kappa shape index (κ2) is 6.16. The number of hydrogen-bond donors (Lipinski definition) is 2. The number of halogens is 2. The number of aliphatic carboxylic acids is 1. The summed E-state index contributed by atoms with van der Waals surface area (Å²) in [5.74, 6) is -2.22. The number of carboxylic acids is 1. The van der Waals surface area contributed by atoms with Crippen LogP contribution in [0.1, 0.15) is 12.5 Å². The number of amides is 1. The van der Waals surface area contributed by atoms with Crippen molar-refractivity contribution >= 4 is 29.6 Å². The van der Waals surface area contributed by atoms with Gasteiger partial charge in [-0.05, 0) is 30.7 Å². The summed E-state index contributed by atoms with van der Waals surface area (Å²) in [4.78, 5) is 21.8. The standard InChI is InChI=1S/C12H11ClFNO3/c1-7(12(17)18)15-11(16)5-3-8-2-4-10(14)9(13)6-8/h2-7H,1H3,(H,15,16)(H,17,18)/b5-3+/t7-/m1/s1. The molecule has 18 heavy (non-hydrogen) atoms. The van der Waals surface area contributed by atoms with E-state index >= 15 is 0 Å². The molecular weight excluding hydrogens is 261 g/mol. The largest absolute Gasteiger partial charge is 0.480 e. The van der Waals surface area contributed by atoms with Gasteiger partial charge in [-0.15, -0.1) is 0 Å². The predicted octanol–water partition coefficient (Wildman–Crippen LogP) is 2.08. The lowest BCUT2D eigenvalue weighted by Gasteiger charge is -2.05. The SMILES string of the molecule is C[C@@H](NC(=O)/C=C/c1ccc(F)c(Cl)c1)C(=O)O. The molecule has 1 aromatic carbocycles. The van der Waals surface area contributed by atoms with E-state index < -0.39 is 23.7 Å². The third-order valence-corrected chi connectivity index (χ3v) is 2.39. The zero-order chi connectivity index (χ0) is 13.7. The first-order valence-corrected chi connectivity index (χ1v) is 5.44. The zero-order valence-electron chi connectivity index (χ0n) is 9.48. The minimum Gasteiger partial charge on any atom is -0.480 e. The second-order valence-electron chi connectivity index (χ2n) is 3.58. The highest BCUT2D eigenvalue weighted by Gasteiger charge is 2.11. The van der Waals surface area contributed by atoms with Crippen molar-refractivity contribution in [1.82, 2.24) is 5.32 Å². The quantitative estimate of drug-likeness (QED) is 0.824. The molecule has 0 spiro atoms. The minimum atomic E-state index is -1.12. The Hall–Kier alpha value is -1.88. The van der Waals surface area contributed by atoms with Gasteiger partial charge in [0.15, 0.2) is 0 Å². The van der Waals surface area contributed by atoms with E-state index in [4.69, 9.17) is 16.7 Å². The summed E-state index contributed by atoms with van der Waals surface area (Å²) in [6, 6.07) is 3.02. The lowest BCUT2D eigenvalue weighted by atomic mass is 10.2. The van der Waals surface area contributed by atoms with Crippen LogP contribution in [0.15, 0.2) is 24.3 Å². The van der Waals surface area contributed by atoms with Gasteiger partial charge in [0.2, 0.25) is 5.91 Å². The molecule has 6 heteroatoms. The van der Waals surface area contributed by atoms with E-state index in [1.165, 1.54) is 31.2 Å². The van der Waals surface area contributed by atoms with Gasteiger partial charge in [-0.25, -0.2) is 4.39 Å². The summed E-state index contributed by atoms with van der Waals surface area (Å²) in [6.45, 7) is 1.35. The molecule has 1 amide bonds. The van der Waals surface area contributed by atoms with Crippen LogP contribution in [0.25, 0.3) is 6.08 Å². The normalized spacial score (nSPS) is 12.4. The Kier molecular flexibility index (Phi) is 4.85. The monoisotopic (exact) mass is 271 g/mol. The number of nitrogens with one attached hydrogen (secondary N) is 1. The van der Waals surface area contributed by atoms with Gasteiger partial charge in [-0.3, -0.25) is 9.59 Å². The van der Waals surface area contributed by atoms with Crippen molar-refractivity contribution in [3.05, 3.63) is 40.7 Å². The summed E-state index contributed by atoms with van der Waals surface area (Å²) < 4.78 is 12.9. The van der Waals surface area contributed by atoms with Crippen LogP contribution in [-0.4, -0.2) is 23.0 Å². The molecule has 1 atom stereocenters. The predicted molar refractivity (Wildman–Crippen MR) is 65.7 cm³/mol. The number of hydrogen-bond acceptors (Lipinski definition) is 2. The number of carboxylic acid groups (broad SMARTS) is 1. The molecule has 0 heterocycles. The van der Waals surface area contributed by atoms with E-state index in [0.29, 0.717) is 5.56 Å². The third-order valence-electron chi connectivity index (χ3n) is 2.10. The highest BCUT2D eigenvalue weighted by molar-refractivity contribution is 6.30. The number of rotatable bonds is 4. The topological polar surface area (TPSA) is 66.4 Å². The van der Waals surface area contributed by atoms with Gasteiger partial charge in [0, 0.05) is 6.08 Å². The zero-order valence-corrected chi connectivity index (χ0v) is 10.2. The van der Waals surface area contributed by atoms with Crippen LogP contribution >= 0.6 is 11.6 Å². The second-order valence-corrected chi connectivity index (χ2v) is 3.98. The average Bonchev–Trinajstić information content (AvgIpc) is 2.30. The number of carbonyl (C=O) groups is 2. The van der Waals surface area contributed by atoms with E-state index in [9.17, 15) is 14.0 Å². The Morgan fingerprint density at radius 1 is 1.50 bits per heavy atom. The first-order chi connectivity index (χ1) is 8.40. The molecule has 0 fully saturated rings. The maximum atomic E-state index is 12.9. The minimum absolute atomic E-state index is 0.0449. The van der Waals surface area contributed by atoms with Crippen molar-refractivity contribution in [1.29, 1.82) is 0 Å². The maximum absolute atomic E-state index is 12.9. The first kappa shape index (κ1) is 14.2. The van der Waals surface area contributed by atoms with Gasteiger partial charge in [0.1, 0.15) is 11.9 Å². The van der Waals surface area contributed by atoms with Crippen LogP contribution in [0.2, 0.25) is 5.02 Å². The number of carbonyl (C=O) groups excluding carboxylic acids is 1. The van der Waals surface area contributed by atoms with Crippen molar-refractivity contribution in [2.45, 2.75) is 13.0 Å². The summed E-state index contributed by atoms with van der Waals surface area (Å²) in [5.41, 5.74) is 0.541. The van der Waals surface area contributed by atoms with E-state index in [1.54, 1.807) is 0 Å². The first-order valence-electron chi connectivity index (χ1n) is 5.06. The average molecular weight is 272 g/mol. The van der Waals surface area contributed by atoms with E-state index in [0.717, 1.165) is 6.08 Å². The van der Waals surface area contributed by atoms with Crippen molar-refractivity contribution in [2.75, 3.05) is 0 Å².